The highest BCUT2D eigenvalue weighted by molar-refractivity contribution is 5.65. The summed E-state index contributed by atoms with van der Waals surface area (Å²) in [4.78, 5) is 10.1. The predicted molar refractivity (Wildman–Crippen MR) is 47.3 cm³/mol. The maximum atomic E-state index is 10.1. The zero-order valence-electron chi connectivity index (χ0n) is 7.83. The van der Waals surface area contributed by atoms with Gasteiger partial charge in [0.05, 0.1) is 12.7 Å². The van der Waals surface area contributed by atoms with Gasteiger partial charge in [-0.05, 0) is 5.92 Å². The van der Waals surface area contributed by atoms with Crippen molar-refractivity contribution in [2.24, 2.45) is 5.92 Å². The Morgan fingerprint density at radius 2 is 2.17 bits per heavy atom. The van der Waals surface area contributed by atoms with Gasteiger partial charge in [-0.1, -0.05) is 20.4 Å². The fraction of sp³-hybridized carbons (Fsp3) is 0.556. The Kier molecular flexibility index (Phi) is 10.8. The zero-order valence-corrected chi connectivity index (χ0v) is 7.83. The molecule has 0 heterocycles. The van der Waals surface area contributed by atoms with Crippen LogP contribution in [0.4, 0.5) is 0 Å². The molecule has 0 saturated heterocycles. The highest BCUT2D eigenvalue weighted by atomic mass is 16.5. The Morgan fingerprint density at radius 3 is 2.25 bits per heavy atom. The molecule has 0 aliphatic carbocycles. The topological polar surface area (TPSA) is 50.1 Å². The number of carbonyl (C=O) groups excluding carboxylic acids is 1. The van der Waals surface area contributed by atoms with Crippen molar-refractivity contribution < 1.29 is 9.53 Å². The lowest BCUT2D eigenvalue weighted by atomic mass is 10.2. The Labute approximate surface area is 73.6 Å². The van der Waals surface area contributed by atoms with Crippen molar-refractivity contribution in [2.75, 3.05) is 6.61 Å². The van der Waals surface area contributed by atoms with Crippen LogP contribution in [-0.2, 0) is 9.53 Å². The van der Waals surface area contributed by atoms with E-state index in [-0.39, 0.29) is 5.97 Å². The SMILES string of the molecule is C=CC#N.CC(=O)OCC(C)C. The summed E-state index contributed by atoms with van der Waals surface area (Å²) in [7, 11) is 0. The molecule has 0 aliphatic rings. The summed E-state index contributed by atoms with van der Waals surface area (Å²) in [6.07, 6.45) is 1.18. The molecule has 0 spiro atoms. The van der Waals surface area contributed by atoms with E-state index < -0.39 is 0 Å². The molecule has 0 aromatic rings. The monoisotopic (exact) mass is 169 g/mol. The molecule has 0 aromatic carbocycles. The summed E-state index contributed by atoms with van der Waals surface area (Å²) < 4.78 is 4.66. The second-order valence-corrected chi connectivity index (χ2v) is 2.53. The van der Waals surface area contributed by atoms with E-state index in [1.54, 1.807) is 6.07 Å². The van der Waals surface area contributed by atoms with Crippen molar-refractivity contribution in [1.29, 1.82) is 5.26 Å². The molecule has 0 radical (unpaired) electrons. The van der Waals surface area contributed by atoms with Crippen molar-refractivity contribution >= 4 is 5.97 Å². The minimum absolute atomic E-state index is 0.196. The number of rotatable bonds is 2. The third-order valence-electron chi connectivity index (χ3n) is 0.711. The van der Waals surface area contributed by atoms with Crippen LogP contribution in [0.2, 0.25) is 0 Å². The second kappa shape index (κ2) is 9.70. The predicted octanol–water partition coefficient (Wildman–Crippen LogP) is 1.90. The van der Waals surface area contributed by atoms with Crippen LogP contribution in [0.3, 0.4) is 0 Å². The van der Waals surface area contributed by atoms with Crippen LogP contribution in [0, 0.1) is 17.2 Å². The normalized spacial score (nSPS) is 7.58. The van der Waals surface area contributed by atoms with Crippen LogP contribution in [0.1, 0.15) is 20.8 Å². The summed E-state index contributed by atoms with van der Waals surface area (Å²) in [5.41, 5.74) is 0. The first kappa shape index (κ1) is 13.3. The molecule has 3 heteroatoms. The molecular weight excluding hydrogens is 154 g/mol. The number of hydrogen-bond acceptors (Lipinski definition) is 3. The molecule has 12 heavy (non-hydrogen) atoms. The molecular formula is C9H15NO2. The summed E-state index contributed by atoms with van der Waals surface area (Å²) in [6, 6.07) is 1.69. The number of nitrogens with zero attached hydrogens (tertiary/aromatic N) is 1. The molecule has 68 valence electrons. The lowest BCUT2D eigenvalue weighted by molar-refractivity contribution is -0.141. The standard InChI is InChI=1S/C6H12O2.C3H3N/c1-5(2)4-8-6(3)7;1-2-3-4/h5H,4H2,1-3H3;2H,1H2. The van der Waals surface area contributed by atoms with Crippen molar-refractivity contribution in [2.45, 2.75) is 20.8 Å². The first-order chi connectivity index (χ1) is 5.54. The van der Waals surface area contributed by atoms with Crippen LogP contribution in [0.5, 0.6) is 0 Å². The van der Waals surface area contributed by atoms with Crippen molar-refractivity contribution in [3.8, 4) is 6.07 Å². The molecule has 0 fully saturated rings. The summed E-state index contributed by atoms with van der Waals surface area (Å²) >= 11 is 0. The van der Waals surface area contributed by atoms with E-state index in [1.165, 1.54) is 13.0 Å². The highest BCUT2D eigenvalue weighted by Crippen LogP contribution is 1.91. The molecule has 0 bridgehead atoms. The second-order valence-electron chi connectivity index (χ2n) is 2.53. The van der Waals surface area contributed by atoms with Gasteiger partial charge in [-0.3, -0.25) is 4.79 Å². The van der Waals surface area contributed by atoms with Gasteiger partial charge in [-0.2, -0.15) is 5.26 Å². The summed E-state index contributed by atoms with van der Waals surface area (Å²) in [6.45, 7) is 9.08. The maximum absolute atomic E-state index is 10.1. The van der Waals surface area contributed by atoms with Gasteiger partial charge in [-0.15, -0.1) is 0 Å². The third kappa shape index (κ3) is 23.4. The Morgan fingerprint density at radius 1 is 1.75 bits per heavy atom. The molecule has 0 aromatic heterocycles. The van der Waals surface area contributed by atoms with Gasteiger partial charge < -0.3 is 4.74 Å². The number of hydrogen-bond donors (Lipinski definition) is 0. The number of esters is 1. The molecule has 0 N–H and O–H groups in total. The van der Waals surface area contributed by atoms with E-state index in [0.717, 1.165) is 0 Å². The first-order valence-corrected chi connectivity index (χ1v) is 3.68. The molecule has 0 rings (SSSR count). The highest BCUT2D eigenvalue weighted by Gasteiger charge is 1.94. The minimum Gasteiger partial charge on any atom is -0.466 e. The van der Waals surface area contributed by atoms with Gasteiger partial charge in [0, 0.05) is 13.0 Å². The molecule has 3 nitrogen and oxygen atoms in total. The average Bonchev–Trinajstić information content (AvgIpc) is 2.01. The van der Waals surface area contributed by atoms with E-state index in [1.807, 2.05) is 13.8 Å². The van der Waals surface area contributed by atoms with Crippen LogP contribution >= 0.6 is 0 Å². The maximum Gasteiger partial charge on any atom is 0.302 e. The number of allylic oxidation sites excluding steroid dienone is 1. The Balaban J connectivity index is 0. The van der Waals surface area contributed by atoms with Gasteiger partial charge in [0.1, 0.15) is 0 Å². The molecule has 0 atom stereocenters. The van der Waals surface area contributed by atoms with Gasteiger partial charge in [0.2, 0.25) is 0 Å². The number of nitriles is 1. The van der Waals surface area contributed by atoms with Crippen LogP contribution in [-0.4, -0.2) is 12.6 Å². The van der Waals surface area contributed by atoms with E-state index in [4.69, 9.17) is 5.26 Å². The molecule has 0 unspecified atom stereocenters. The van der Waals surface area contributed by atoms with Crippen molar-refractivity contribution in [1.82, 2.24) is 0 Å². The van der Waals surface area contributed by atoms with E-state index >= 15 is 0 Å². The van der Waals surface area contributed by atoms with Crippen LogP contribution < -0.4 is 0 Å². The largest absolute Gasteiger partial charge is 0.466 e. The smallest absolute Gasteiger partial charge is 0.302 e. The lowest BCUT2D eigenvalue weighted by Crippen LogP contribution is -2.05. The van der Waals surface area contributed by atoms with Gasteiger partial charge >= 0.3 is 5.97 Å². The molecule has 0 amide bonds. The quantitative estimate of drug-likeness (QED) is 0.468. The van der Waals surface area contributed by atoms with E-state index in [9.17, 15) is 4.79 Å². The van der Waals surface area contributed by atoms with Crippen LogP contribution in [0.15, 0.2) is 12.7 Å². The summed E-state index contributed by atoms with van der Waals surface area (Å²) in [5, 5.41) is 7.51. The van der Waals surface area contributed by atoms with Crippen LogP contribution in [0.25, 0.3) is 0 Å². The third-order valence-corrected chi connectivity index (χ3v) is 0.711. The van der Waals surface area contributed by atoms with Gasteiger partial charge in [0.25, 0.3) is 0 Å². The fourth-order valence-corrected chi connectivity index (χ4v) is 0.284. The van der Waals surface area contributed by atoms with Crippen molar-refractivity contribution in [3.63, 3.8) is 0 Å². The first-order valence-electron chi connectivity index (χ1n) is 3.68. The minimum atomic E-state index is -0.196. The van der Waals surface area contributed by atoms with Crippen molar-refractivity contribution in [3.05, 3.63) is 12.7 Å². The number of carbonyl (C=O) groups is 1. The van der Waals surface area contributed by atoms with E-state index in [0.29, 0.717) is 12.5 Å². The summed E-state index contributed by atoms with van der Waals surface area (Å²) in [5.74, 6) is 0.248. The fourth-order valence-electron chi connectivity index (χ4n) is 0.284. The van der Waals surface area contributed by atoms with E-state index in [2.05, 4.69) is 11.3 Å². The Hall–Kier alpha value is -1.30. The lowest BCUT2D eigenvalue weighted by Gasteiger charge is -2.02. The van der Waals surface area contributed by atoms with Gasteiger partial charge in [0.15, 0.2) is 0 Å². The number of ether oxygens (including phenoxy) is 1. The zero-order chi connectivity index (χ0) is 9.98. The van der Waals surface area contributed by atoms with Gasteiger partial charge in [-0.25, -0.2) is 0 Å². The Bertz CT molecular complexity index is 168. The average molecular weight is 169 g/mol. The molecule has 0 saturated carbocycles. The molecule has 0 aliphatic heterocycles.